The fourth-order valence-corrected chi connectivity index (χ4v) is 4.42. The highest BCUT2D eigenvalue weighted by Crippen LogP contribution is 2.49. The van der Waals surface area contributed by atoms with Crippen LogP contribution in [0, 0.1) is 0 Å². The minimum Gasteiger partial charge on any atom is -0.375 e. The van der Waals surface area contributed by atoms with Crippen LogP contribution in [0.4, 0.5) is 87.8 Å². The molecule has 0 bridgehead atoms. The Morgan fingerprint density at radius 1 is 0.530 bits per heavy atom. The van der Waals surface area contributed by atoms with Gasteiger partial charge in [0.05, 0.1) is 49.3 Å². The summed E-state index contributed by atoms with van der Waals surface area (Å²) in [7, 11) is 3.24. The SMILES string of the molecule is C=CCOCC(F)(F)C(F)OC(F)(F)C(F)(F)C(F)(F)F.COOC(OOC)OOC.COO[Si](CCCOCC(F)(F)C(F)OC(F)(F)C(F)(F)C(F)(F)F)(OOC)OOC.Cl[SiH](Cl)Cl. The molecule has 0 rings (SSSR count). The lowest BCUT2D eigenvalue weighted by Crippen LogP contribution is -2.56. The molecule has 402 valence electrons. The first-order valence-electron chi connectivity index (χ1n) is 15.8. The minimum atomic E-state index is -6.93. The van der Waals surface area contributed by atoms with Gasteiger partial charge in [0.1, 0.15) is 13.2 Å². The Bertz CT molecular complexity index is 1230. The number of rotatable bonds is 30. The van der Waals surface area contributed by atoms with E-state index in [0.717, 1.165) is 27.4 Å². The van der Waals surface area contributed by atoms with Crippen molar-refractivity contribution in [3.63, 3.8) is 0 Å². The van der Waals surface area contributed by atoms with Crippen molar-refractivity contribution in [2.24, 2.45) is 0 Å². The van der Waals surface area contributed by atoms with Gasteiger partial charge in [-0.05, 0) is 6.42 Å². The van der Waals surface area contributed by atoms with Crippen molar-refractivity contribution in [1.29, 1.82) is 0 Å². The molecule has 66 heavy (non-hydrogen) atoms. The molecule has 2 atom stereocenters. The van der Waals surface area contributed by atoms with Crippen LogP contribution in [0.3, 0.4) is 0 Å². The Balaban J connectivity index is -0.000000468. The zero-order valence-corrected chi connectivity index (χ0v) is 38.0. The molecule has 0 saturated heterocycles. The fourth-order valence-electron chi connectivity index (χ4n) is 2.75. The number of hydrogen-bond donors (Lipinski definition) is 0. The van der Waals surface area contributed by atoms with Crippen LogP contribution in [0.1, 0.15) is 6.42 Å². The average Bonchev–Trinajstić information content (AvgIpc) is 3.14. The van der Waals surface area contributed by atoms with Crippen molar-refractivity contribution in [3.05, 3.63) is 12.7 Å². The summed E-state index contributed by atoms with van der Waals surface area (Å²) in [6.45, 7) is -5.01. The first-order valence-corrected chi connectivity index (χ1v) is 22.9. The van der Waals surface area contributed by atoms with Gasteiger partial charge in [-0.3, -0.25) is 9.47 Å². The highest BCUT2D eigenvalue weighted by Gasteiger charge is 2.77. The lowest BCUT2D eigenvalue weighted by molar-refractivity contribution is -0.565. The van der Waals surface area contributed by atoms with Gasteiger partial charge in [0, 0.05) is 12.7 Å². The van der Waals surface area contributed by atoms with Crippen molar-refractivity contribution in [2.45, 2.75) is 79.9 Å². The van der Waals surface area contributed by atoms with Gasteiger partial charge >= 0.3 is 70.3 Å². The second kappa shape index (κ2) is 32.8. The van der Waals surface area contributed by atoms with Crippen molar-refractivity contribution in [2.75, 3.05) is 69.1 Å². The van der Waals surface area contributed by atoms with Crippen LogP contribution in [0.2, 0.25) is 6.04 Å². The smallest absolute Gasteiger partial charge is 0.375 e. The molecule has 2 unspecified atom stereocenters. The summed E-state index contributed by atoms with van der Waals surface area (Å²) < 4.78 is 277. The summed E-state index contributed by atoms with van der Waals surface area (Å²) in [5.41, 5.74) is 0. The summed E-state index contributed by atoms with van der Waals surface area (Å²) in [6.07, 6.45) is -35.2. The van der Waals surface area contributed by atoms with Crippen LogP contribution in [-0.2, 0) is 76.7 Å². The molecule has 41 heteroatoms. The first-order chi connectivity index (χ1) is 29.8. The maximum Gasteiger partial charge on any atom is 0.584 e. The predicted octanol–water partition coefficient (Wildman–Crippen LogP) is 9.15. The molecule has 0 N–H and O–H groups in total. The summed E-state index contributed by atoms with van der Waals surface area (Å²) in [4.78, 5) is 38.7. The third kappa shape index (κ3) is 27.4. The molecule has 0 saturated carbocycles. The Hall–Kier alpha value is -0.996. The molecule has 0 aliphatic heterocycles. The number of hydrogen-bond acceptors (Lipinski definition) is 16. The summed E-state index contributed by atoms with van der Waals surface area (Å²) in [5.74, 6) is -23.7. The standard InChI is InChI=1S/C12H18F10O8Si.C9H8F10O2.C4H10O6.Cl3HSi/c1-23-28-31(29-24-2,30-25-3)6-4-5-26-7-9(14,15)8(13)27-12(21,22)10(16,17)11(18,19)20;1-2-3-20-4-6(11,12)5(10)21-9(18,19)7(13,14)8(15,16)17;1-5-8-4(9-6-2)10-7-3;1-4(2)3/h8H,4-7H2,1-3H3;2,5H,1,3-4H2;4H,1-3H3;4H. The monoisotopic (exact) mass is 1130 g/mol. The van der Waals surface area contributed by atoms with Gasteiger partial charge < -0.3 is 9.47 Å². The third-order valence-corrected chi connectivity index (χ3v) is 7.59. The summed E-state index contributed by atoms with van der Waals surface area (Å²) in [6, 6.07) is -0.278. The molecule has 0 aromatic heterocycles. The number of ether oxygens (including phenoxy) is 4. The molecular formula is C25H37Cl3F20O16Si2. The van der Waals surface area contributed by atoms with Crippen LogP contribution in [0.25, 0.3) is 0 Å². The third-order valence-electron chi connectivity index (χ3n) is 5.36. The predicted molar refractivity (Wildman–Crippen MR) is 178 cm³/mol. The molecule has 0 aromatic rings. The lowest BCUT2D eigenvalue weighted by atomic mass is 10.3. The molecule has 0 amide bonds. The topological polar surface area (TPSA) is 148 Å². The van der Waals surface area contributed by atoms with Crippen molar-refractivity contribution in [1.82, 2.24) is 0 Å². The van der Waals surface area contributed by atoms with E-state index in [-0.39, 0.29) is 12.5 Å². The Morgan fingerprint density at radius 2 is 0.833 bits per heavy atom. The Kier molecular flexibility index (Phi) is 35.6. The van der Waals surface area contributed by atoms with Crippen molar-refractivity contribution >= 4 is 48.8 Å². The van der Waals surface area contributed by atoms with Gasteiger partial charge in [-0.2, -0.15) is 93.7 Å². The lowest BCUT2D eigenvalue weighted by Gasteiger charge is -2.30. The maximum absolute atomic E-state index is 13.4. The fraction of sp³-hybridized carbons (Fsp3) is 0.920. The van der Waals surface area contributed by atoms with E-state index in [1.807, 2.05) is 0 Å². The number of alkyl halides is 20. The second-order valence-corrected chi connectivity index (χ2v) is 19.1. The van der Waals surface area contributed by atoms with Crippen molar-refractivity contribution in [3.8, 4) is 0 Å². The Labute approximate surface area is 374 Å². The summed E-state index contributed by atoms with van der Waals surface area (Å²) >= 11 is 14.8. The summed E-state index contributed by atoms with van der Waals surface area (Å²) in [5, 5.41) is 0. The molecule has 0 radical (unpaired) electrons. The quantitative estimate of drug-likeness (QED) is 0.00983. The molecule has 0 aliphatic rings. The zero-order chi connectivity index (χ0) is 53.1. The first kappa shape index (κ1) is 71.6. The van der Waals surface area contributed by atoms with E-state index < -0.39 is 109 Å². The van der Waals surface area contributed by atoms with E-state index in [0.29, 0.717) is 0 Å². The van der Waals surface area contributed by atoms with Gasteiger partial charge in [0.15, 0.2) is 0 Å². The van der Waals surface area contributed by atoms with E-state index in [2.05, 4.69) is 69.5 Å². The van der Waals surface area contributed by atoms with Crippen molar-refractivity contribution < 1.29 is 164 Å². The average molecular weight is 1140 g/mol. The molecule has 0 aromatic carbocycles. The Morgan fingerprint density at radius 3 is 1.09 bits per heavy atom. The normalized spacial score (nSPS) is 14.5. The molecular weight excluding hydrogens is 1100 g/mol. The van der Waals surface area contributed by atoms with E-state index >= 15 is 0 Å². The second-order valence-electron chi connectivity index (χ2n) is 10.3. The van der Waals surface area contributed by atoms with Gasteiger partial charge in [-0.1, -0.05) is 6.08 Å². The zero-order valence-electron chi connectivity index (χ0n) is 33.6. The van der Waals surface area contributed by atoms with Crippen LogP contribution >= 0.6 is 33.2 Å². The molecule has 0 spiro atoms. The molecule has 0 aliphatic carbocycles. The van der Waals surface area contributed by atoms with Gasteiger partial charge in [-0.15, -0.1) is 39.8 Å². The van der Waals surface area contributed by atoms with E-state index in [1.54, 1.807) is 0 Å². The van der Waals surface area contributed by atoms with E-state index in [1.165, 1.54) is 21.3 Å². The van der Waals surface area contributed by atoms with Gasteiger partial charge in [-0.25, -0.2) is 51.8 Å². The van der Waals surface area contributed by atoms with Crippen LogP contribution in [0.5, 0.6) is 0 Å². The van der Waals surface area contributed by atoms with Gasteiger partial charge in [0.25, 0.3) is 12.7 Å². The maximum atomic E-state index is 13.4. The van der Waals surface area contributed by atoms with Gasteiger partial charge in [0.2, 0.25) is 0 Å². The van der Waals surface area contributed by atoms with E-state index in [9.17, 15) is 87.8 Å². The van der Waals surface area contributed by atoms with Crippen LogP contribution in [0.15, 0.2) is 12.7 Å². The highest BCUT2D eigenvalue weighted by molar-refractivity contribution is 7.54. The van der Waals surface area contributed by atoms with Crippen LogP contribution in [-0.4, -0.2) is 152 Å². The minimum absolute atomic E-state index is 0.251. The number of halogens is 23. The highest BCUT2D eigenvalue weighted by atomic mass is 35.8. The molecule has 0 heterocycles. The molecule has 16 nitrogen and oxygen atoms in total. The molecule has 0 fully saturated rings. The largest absolute Gasteiger partial charge is 0.584 e. The van der Waals surface area contributed by atoms with Crippen LogP contribution < -0.4 is 0 Å². The van der Waals surface area contributed by atoms with E-state index in [4.69, 9.17) is 47.0 Å².